The molecule has 0 atom stereocenters. The first kappa shape index (κ1) is 16.5. The van der Waals surface area contributed by atoms with Gasteiger partial charge in [0, 0.05) is 25.6 Å². The van der Waals surface area contributed by atoms with Gasteiger partial charge in [-0.25, -0.2) is 5.01 Å². The number of hydrogen-bond acceptors (Lipinski definition) is 5. The number of amides is 1. The Morgan fingerprint density at radius 2 is 1.84 bits per heavy atom. The van der Waals surface area contributed by atoms with Gasteiger partial charge in [-0.2, -0.15) is 0 Å². The van der Waals surface area contributed by atoms with E-state index in [1.807, 2.05) is 30.3 Å². The van der Waals surface area contributed by atoms with Crippen LogP contribution in [-0.4, -0.2) is 28.8 Å². The molecule has 0 bridgehead atoms. The molecule has 0 aliphatic rings. The smallest absolute Gasteiger partial charge is 0.294 e. The van der Waals surface area contributed by atoms with Crippen LogP contribution >= 0.6 is 0 Å². The van der Waals surface area contributed by atoms with Crippen LogP contribution in [0.25, 0.3) is 5.65 Å². The lowest BCUT2D eigenvalue weighted by Gasteiger charge is -2.16. The predicted octanol–water partition coefficient (Wildman–Crippen LogP) is 1.13. The molecule has 25 heavy (non-hydrogen) atoms. The third-order valence-electron chi connectivity index (χ3n) is 3.59. The first-order chi connectivity index (χ1) is 12.0. The van der Waals surface area contributed by atoms with E-state index >= 15 is 0 Å². The maximum Gasteiger partial charge on any atom is 0.350 e. The van der Waals surface area contributed by atoms with E-state index in [0.29, 0.717) is 22.7 Å². The Hall–Kier alpha value is -3.35. The number of aromatic nitrogens is 3. The lowest BCUT2D eigenvalue weighted by molar-refractivity contribution is -0.584. The third kappa shape index (κ3) is 3.77. The Morgan fingerprint density at radius 3 is 2.56 bits per heavy atom. The number of fused-ring (bicyclic) bond motifs is 1. The molecule has 3 rings (SSSR count). The van der Waals surface area contributed by atoms with E-state index in [1.54, 1.807) is 36.0 Å². The van der Waals surface area contributed by atoms with Crippen molar-refractivity contribution >= 4 is 23.2 Å². The van der Waals surface area contributed by atoms with Crippen LogP contribution < -0.4 is 15.0 Å². The fourth-order valence-electron chi connectivity index (χ4n) is 2.50. The molecular formula is C18H18N5O2+. The van der Waals surface area contributed by atoms with Crippen molar-refractivity contribution in [1.29, 1.82) is 0 Å². The molecule has 2 aromatic heterocycles. The molecule has 0 saturated heterocycles. The predicted molar refractivity (Wildman–Crippen MR) is 91.9 cm³/mol. The molecule has 126 valence electrons. The zero-order chi connectivity index (χ0) is 17.8. The number of hydrazine groups is 1. The zero-order valence-corrected chi connectivity index (χ0v) is 14.0. The first-order valence-electron chi connectivity index (χ1n) is 7.81. The van der Waals surface area contributed by atoms with Crippen molar-refractivity contribution in [2.75, 3.05) is 12.1 Å². The number of ketones is 1. The lowest BCUT2D eigenvalue weighted by Crippen LogP contribution is -2.41. The average Bonchev–Trinajstić information content (AvgIpc) is 2.61. The minimum absolute atomic E-state index is 0.0664. The molecule has 1 aromatic carbocycles. The molecule has 0 unspecified atom stereocenters. The van der Waals surface area contributed by atoms with Crippen LogP contribution in [-0.2, 0) is 11.2 Å². The van der Waals surface area contributed by atoms with Crippen LogP contribution in [0.2, 0.25) is 0 Å². The Balaban J connectivity index is 2.01. The third-order valence-corrected chi connectivity index (χ3v) is 3.59. The highest BCUT2D eigenvalue weighted by atomic mass is 16.2. The van der Waals surface area contributed by atoms with Gasteiger partial charge in [0.25, 0.3) is 5.82 Å². The SMILES string of the molecule is CC(=O)NN(C)c1nc2cccc[n+]2nc1CC(=O)c1ccccc1. The van der Waals surface area contributed by atoms with Crippen molar-refractivity contribution in [1.82, 2.24) is 15.5 Å². The number of rotatable bonds is 5. The topological polar surface area (TPSA) is 79.3 Å². The standard InChI is InChI=1S/C18H17N5O2/c1-13(24)20-22(2)18-15(12-16(25)14-8-4-3-5-9-14)21-23-11-7-6-10-17(23)19-18/h3-11H,12H2,1-2H3/p+1. The molecule has 0 aliphatic carbocycles. The number of pyridine rings is 1. The van der Waals surface area contributed by atoms with E-state index < -0.39 is 0 Å². The molecule has 7 nitrogen and oxygen atoms in total. The van der Waals surface area contributed by atoms with Gasteiger partial charge in [-0.1, -0.05) is 41.5 Å². The normalized spacial score (nSPS) is 10.5. The van der Waals surface area contributed by atoms with Crippen LogP contribution in [0.5, 0.6) is 0 Å². The summed E-state index contributed by atoms with van der Waals surface area (Å²) in [5, 5.41) is 5.99. The fourth-order valence-corrected chi connectivity index (χ4v) is 2.50. The highest BCUT2D eigenvalue weighted by molar-refractivity contribution is 5.97. The monoisotopic (exact) mass is 336 g/mol. The Kier molecular flexibility index (Phi) is 4.65. The Labute approximate surface area is 144 Å². The summed E-state index contributed by atoms with van der Waals surface area (Å²) in [6.07, 6.45) is 1.84. The van der Waals surface area contributed by atoms with Gasteiger partial charge in [0.15, 0.2) is 11.5 Å². The van der Waals surface area contributed by atoms with Crippen molar-refractivity contribution in [2.24, 2.45) is 0 Å². The zero-order valence-electron chi connectivity index (χ0n) is 14.0. The minimum atomic E-state index is -0.231. The van der Waals surface area contributed by atoms with E-state index in [9.17, 15) is 9.59 Å². The van der Waals surface area contributed by atoms with Crippen molar-refractivity contribution < 1.29 is 14.1 Å². The van der Waals surface area contributed by atoms with E-state index in [1.165, 1.54) is 11.9 Å². The van der Waals surface area contributed by atoms with Gasteiger partial charge in [0.2, 0.25) is 5.91 Å². The number of Topliss-reactive ketones (excluding diaryl/α,β-unsaturated/α-hetero) is 1. The number of benzene rings is 1. The molecule has 1 N–H and O–H groups in total. The van der Waals surface area contributed by atoms with Crippen LogP contribution in [0.3, 0.4) is 0 Å². The number of carbonyl (C=O) groups is 2. The van der Waals surface area contributed by atoms with E-state index in [2.05, 4.69) is 15.5 Å². The Morgan fingerprint density at radius 1 is 1.12 bits per heavy atom. The van der Waals surface area contributed by atoms with Gasteiger partial charge in [-0.15, -0.1) is 4.52 Å². The molecule has 1 amide bonds. The largest absolute Gasteiger partial charge is 0.350 e. The van der Waals surface area contributed by atoms with Crippen LogP contribution in [0, 0.1) is 0 Å². The Bertz CT molecular complexity index is 927. The molecule has 2 heterocycles. The molecule has 3 aromatic rings. The van der Waals surface area contributed by atoms with Crippen LogP contribution in [0.1, 0.15) is 23.0 Å². The summed E-state index contributed by atoms with van der Waals surface area (Å²) in [7, 11) is 1.67. The molecule has 7 heteroatoms. The summed E-state index contributed by atoms with van der Waals surface area (Å²) in [5.74, 6) is 0.138. The molecular weight excluding hydrogens is 318 g/mol. The highest BCUT2D eigenvalue weighted by Crippen LogP contribution is 2.15. The number of nitrogens with zero attached hydrogens (tertiary/aromatic N) is 4. The van der Waals surface area contributed by atoms with Crippen molar-refractivity contribution in [3.05, 3.63) is 66.0 Å². The average molecular weight is 336 g/mol. The van der Waals surface area contributed by atoms with Gasteiger partial charge in [-0.05, 0) is 11.1 Å². The molecule has 0 fully saturated rings. The van der Waals surface area contributed by atoms with E-state index in [0.717, 1.165) is 0 Å². The summed E-state index contributed by atoms with van der Waals surface area (Å²) in [5.41, 5.74) is 4.35. The van der Waals surface area contributed by atoms with Gasteiger partial charge >= 0.3 is 5.65 Å². The first-order valence-corrected chi connectivity index (χ1v) is 7.81. The van der Waals surface area contributed by atoms with Crippen LogP contribution in [0.15, 0.2) is 54.7 Å². The number of hydrogen-bond donors (Lipinski definition) is 1. The summed E-state index contributed by atoms with van der Waals surface area (Å²) < 4.78 is 1.61. The summed E-state index contributed by atoms with van der Waals surface area (Å²) >= 11 is 0. The lowest BCUT2D eigenvalue weighted by atomic mass is 10.1. The number of carbonyl (C=O) groups excluding carboxylic acids is 2. The van der Waals surface area contributed by atoms with Crippen LogP contribution in [0.4, 0.5) is 5.82 Å². The second kappa shape index (κ2) is 7.04. The van der Waals surface area contributed by atoms with Gasteiger partial charge in [0.1, 0.15) is 6.20 Å². The molecule has 0 radical (unpaired) electrons. The van der Waals surface area contributed by atoms with Crippen molar-refractivity contribution in [2.45, 2.75) is 13.3 Å². The minimum Gasteiger partial charge on any atom is -0.294 e. The van der Waals surface area contributed by atoms with Crippen molar-refractivity contribution in [3.8, 4) is 0 Å². The fraction of sp³-hybridized carbons (Fsp3) is 0.167. The highest BCUT2D eigenvalue weighted by Gasteiger charge is 2.23. The van der Waals surface area contributed by atoms with Gasteiger partial charge < -0.3 is 0 Å². The quantitative estimate of drug-likeness (QED) is 0.429. The van der Waals surface area contributed by atoms with Crippen molar-refractivity contribution in [3.63, 3.8) is 0 Å². The summed E-state index contributed by atoms with van der Waals surface area (Å²) in [4.78, 5) is 28.5. The molecule has 0 spiro atoms. The molecule has 0 saturated carbocycles. The maximum absolute atomic E-state index is 12.6. The number of anilines is 1. The van der Waals surface area contributed by atoms with E-state index in [-0.39, 0.29) is 18.1 Å². The second-order valence-corrected chi connectivity index (χ2v) is 5.58. The summed E-state index contributed by atoms with van der Waals surface area (Å²) in [6.45, 7) is 1.41. The number of nitrogens with one attached hydrogen (secondary N) is 1. The maximum atomic E-state index is 12.6. The van der Waals surface area contributed by atoms with Gasteiger partial charge in [0.05, 0.1) is 6.42 Å². The second-order valence-electron chi connectivity index (χ2n) is 5.58. The summed E-state index contributed by atoms with van der Waals surface area (Å²) in [6, 6.07) is 14.5. The van der Waals surface area contributed by atoms with E-state index in [4.69, 9.17) is 0 Å². The van der Waals surface area contributed by atoms with Gasteiger partial charge in [-0.3, -0.25) is 15.0 Å². The molecule has 0 aliphatic heterocycles.